The zero-order valence-electron chi connectivity index (χ0n) is 16.8. The molecule has 28 heavy (non-hydrogen) atoms. The molecule has 3 aromatic rings. The van der Waals surface area contributed by atoms with E-state index < -0.39 is 5.60 Å². The lowest BCUT2D eigenvalue weighted by Gasteiger charge is -2.19. The molecule has 0 bridgehead atoms. The monoisotopic (exact) mass is 415 g/mol. The van der Waals surface area contributed by atoms with Gasteiger partial charge in [-0.3, -0.25) is 0 Å². The second-order valence-electron chi connectivity index (χ2n) is 8.37. The minimum Gasteiger partial charge on any atom is -0.386 e. The number of hydrogen-bond donors (Lipinski definition) is 2. The van der Waals surface area contributed by atoms with Crippen molar-refractivity contribution in [1.29, 1.82) is 0 Å². The normalized spacial score (nSPS) is 12.2. The van der Waals surface area contributed by atoms with E-state index in [1.807, 2.05) is 24.4 Å². The van der Waals surface area contributed by atoms with Gasteiger partial charge in [0.25, 0.3) is 0 Å². The first-order chi connectivity index (χ1) is 13.0. The maximum atomic E-state index is 10.2. The third-order valence-electron chi connectivity index (χ3n) is 4.49. The summed E-state index contributed by atoms with van der Waals surface area (Å²) >= 11 is 7.75. The summed E-state index contributed by atoms with van der Waals surface area (Å²) in [6, 6.07) is 14.2. The van der Waals surface area contributed by atoms with Crippen LogP contribution in [0.1, 0.15) is 45.7 Å². The van der Waals surface area contributed by atoms with Gasteiger partial charge in [0.1, 0.15) is 0 Å². The molecule has 0 unspecified atom stereocenters. The topological polar surface area (TPSA) is 50.1 Å². The van der Waals surface area contributed by atoms with E-state index in [0.29, 0.717) is 5.02 Å². The number of nitrogens with one attached hydrogen (secondary N) is 1. The Balaban J connectivity index is 1.82. The van der Waals surface area contributed by atoms with Crippen LogP contribution in [-0.4, -0.2) is 14.9 Å². The molecule has 1 aromatic heterocycles. The summed E-state index contributed by atoms with van der Waals surface area (Å²) in [6.07, 6.45) is 3.49. The smallest absolute Gasteiger partial charge is 0.0900 e. The van der Waals surface area contributed by atoms with E-state index in [4.69, 9.17) is 11.6 Å². The van der Waals surface area contributed by atoms with Crippen molar-refractivity contribution in [2.24, 2.45) is 0 Å². The van der Waals surface area contributed by atoms with Crippen molar-refractivity contribution in [2.75, 3.05) is 4.72 Å². The van der Waals surface area contributed by atoms with Gasteiger partial charge in [-0.2, -0.15) is 5.10 Å². The summed E-state index contributed by atoms with van der Waals surface area (Å²) in [5.41, 5.74) is 2.94. The molecule has 148 valence electrons. The van der Waals surface area contributed by atoms with Gasteiger partial charge >= 0.3 is 0 Å². The number of rotatable bonds is 5. The maximum Gasteiger partial charge on any atom is 0.0900 e. The Morgan fingerprint density at radius 1 is 1.00 bits per heavy atom. The lowest BCUT2D eigenvalue weighted by molar-refractivity contribution is 0.0786. The molecule has 3 rings (SSSR count). The Labute approximate surface area is 176 Å². The fourth-order valence-electron chi connectivity index (χ4n) is 2.69. The molecular formula is C22H26ClN3OS. The van der Waals surface area contributed by atoms with Crippen LogP contribution in [0, 0.1) is 0 Å². The van der Waals surface area contributed by atoms with Crippen molar-refractivity contribution >= 4 is 29.2 Å². The van der Waals surface area contributed by atoms with Gasteiger partial charge < -0.3 is 9.83 Å². The molecule has 0 fully saturated rings. The number of aliphatic hydroxyl groups is 1. The van der Waals surface area contributed by atoms with Crippen LogP contribution in [0.5, 0.6) is 0 Å². The largest absolute Gasteiger partial charge is 0.386 e. The average Bonchev–Trinajstić information content (AvgIpc) is 3.10. The molecule has 2 N–H and O–H groups in total. The molecule has 0 saturated carbocycles. The van der Waals surface area contributed by atoms with E-state index >= 15 is 0 Å². The Kier molecular flexibility index (Phi) is 5.80. The van der Waals surface area contributed by atoms with E-state index in [2.05, 4.69) is 54.9 Å². The molecule has 0 aliphatic rings. The number of nitrogens with zero attached hydrogens (tertiary/aromatic N) is 2. The molecule has 0 aliphatic heterocycles. The van der Waals surface area contributed by atoms with Crippen molar-refractivity contribution < 1.29 is 5.11 Å². The van der Waals surface area contributed by atoms with Crippen LogP contribution in [-0.2, 0) is 11.0 Å². The zero-order valence-corrected chi connectivity index (χ0v) is 18.4. The van der Waals surface area contributed by atoms with Gasteiger partial charge in [0.2, 0.25) is 0 Å². The van der Waals surface area contributed by atoms with E-state index in [1.54, 1.807) is 24.7 Å². The minimum atomic E-state index is -0.950. The van der Waals surface area contributed by atoms with E-state index in [9.17, 15) is 5.11 Å². The first-order valence-corrected chi connectivity index (χ1v) is 10.3. The van der Waals surface area contributed by atoms with Crippen LogP contribution in [0.4, 0.5) is 5.69 Å². The molecular weight excluding hydrogens is 390 g/mol. The molecule has 0 radical (unpaired) electrons. The average molecular weight is 416 g/mol. The Morgan fingerprint density at radius 3 is 2.25 bits per heavy atom. The first-order valence-electron chi connectivity index (χ1n) is 9.15. The van der Waals surface area contributed by atoms with Gasteiger partial charge in [0.05, 0.1) is 23.2 Å². The van der Waals surface area contributed by atoms with E-state index in [0.717, 1.165) is 21.8 Å². The standard InChI is InChI=1S/C22H26ClN3OS/c1-21(2,3)15-6-9-18(10-7-15)28-25-19-11-8-17(23)12-20(19)26-14-16(13-24-26)22(4,5)27/h6-14,25,27H,1-5H3. The summed E-state index contributed by atoms with van der Waals surface area (Å²) in [6.45, 7) is 10.1. The van der Waals surface area contributed by atoms with Crippen LogP contribution in [0.2, 0.25) is 5.02 Å². The second-order valence-corrected chi connectivity index (χ2v) is 9.69. The minimum absolute atomic E-state index is 0.137. The Bertz CT molecular complexity index is 953. The molecule has 0 aliphatic carbocycles. The van der Waals surface area contributed by atoms with Crippen LogP contribution in [0.25, 0.3) is 5.69 Å². The predicted molar refractivity (Wildman–Crippen MR) is 118 cm³/mol. The quantitative estimate of drug-likeness (QED) is 0.489. The van der Waals surface area contributed by atoms with Crippen molar-refractivity contribution in [2.45, 2.75) is 50.5 Å². The highest BCUT2D eigenvalue weighted by atomic mass is 35.5. The molecule has 6 heteroatoms. The SMILES string of the molecule is CC(C)(C)c1ccc(SNc2ccc(Cl)cc2-n2cc(C(C)(C)O)cn2)cc1. The summed E-state index contributed by atoms with van der Waals surface area (Å²) in [5, 5.41) is 15.2. The Morgan fingerprint density at radius 2 is 1.68 bits per heavy atom. The predicted octanol–water partition coefficient (Wildman–Crippen LogP) is 6.17. The summed E-state index contributed by atoms with van der Waals surface area (Å²) < 4.78 is 5.12. The van der Waals surface area contributed by atoms with Gasteiger partial charge in [0, 0.05) is 21.7 Å². The van der Waals surface area contributed by atoms with Gasteiger partial charge in [-0.15, -0.1) is 0 Å². The molecule has 0 atom stereocenters. The Hall–Kier alpha value is -1.95. The second kappa shape index (κ2) is 7.82. The van der Waals surface area contributed by atoms with Crippen molar-refractivity contribution in [3.63, 3.8) is 0 Å². The number of halogens is 1. The highest BCUT2D eigenvalue weighted by Crippen LogP contribution is 2.31. The van der Waals surface area contributed by atoms with Crippen LogP contribution < -0.4 is 4.72 Å². The number of hydrogen-bond acceptors (Lipinski definition) is 4. The third kappa shape index (κ3) is 4.90. The van der Waals surface area contributed by atoms with Crippen LogP contribution >= 0.6 is 23.5 Å². The zero-order chi connectivity index (χ0) is 20.5. The van der Waals surface area contributed by atoms with Gasteiger partial charge in [-0.25, -0.2) is 4.68 Å². The number of aromatic nitrogens is 2. The highest BCUT2D eigenvalue weighted by Gasteiger charge is 2.19. The van der Waals surface area contributed by atoms with Gasteiger partial charge in [-0.1, -0.05) is 44.5 Å². The van der Waals surface area contributed by atoms with Crippen LogP contribution in [0.3, 0.4) is 0 Å². The molecule has 0 saturated heterocycles. The van der Waals surface area contributed by atoms with E-state index in [1.165, 1.54) is 17.5 Å². The van der Waals surface area contributed by atoms with Gasteiger partial charge in [0.15, 0.2) is 0 Å². The summed E-state index contributed by atoms with van der Waals surface area (Å²) in [4.78, 5) is 1.12. The molecule has 2 aromatic carbocycles. The molecule has 4 nitrogen and oxygen atoms in total. The highest BCUT2D eigenvalue weighted by molar-refractivity contribution is 8.00. The lowest BCUT2D eigenvalue weighted by atomic mass is 9.87. The number of anilines is 1. The maximum absolute atomic E-state index is 10.2. The summed E-state index contributed by atoms with van der Waals surface area (Å²) in [5.74, 6) is 0. The molecule has 1 heterocycles. The molecule has 0 amide bonds. The van der Waals surface area contributed by atoms with Crippen molar-refractivity contribution in [3.8, 4) is 5.69 Å². The molecule has 0 spiro atoms. The first kappa shape index (κ1) is 20.8. The summed E-state index contributed by atoms with van der Waals surface area (Å²) in [7, 11) is 0. The lowest BCUT2D eigenvalue weighted by Crippen LogP contribution is -2.14. The van der Waals surface area contributed by atoms with E-state index in [-0.39, 0.29) is 5.41 Å². The van der Waals surface area contributed by atoms with Crippen molar-refractivity contribution in [3.05, 3.63) is 71.0 Å². The van der Waals surface area contributed by atoms with Crippen LogP contribution in [0.15, 0.2) is 59.8 Å². The fourth-order valence-corrected chi connectivity index (χ4v) is 3.53. The van der Waals surface area contributed by atoms with Crippen molar-refractivity contribution in [1.82, 2.24) is 9.78 Å². The number of benzene rings is 2. The third-order valence-corrected chi connectivity index (χ3v) is 5.56. The van der Waals surface area contributed by atoms with Gasteiger partial charge in [-0.05, 0) is 67.1 Å². The fraction of sp³-hybridized carbons (Fsp3) is 0.318.